The second-order valence-electron chi connectivity index (χ2n) is 6.50. The second-order valence-corrected chi connectivity index (χ2v) is 6.50. The van der Waals surface area contributed by atoms with Gasteiger partial charge in [-0.15, -0.1) is 0 Å². The van der Waals surface area contributed by atoms with Gasteiger partial charge in [-0.2, -0.15) is 0 Å². The van der Waals surface area contributed by atoms with E-state index < -0.39 is 0 Å². The molecule has 0 saturated heterocycles. The molecule has 1 aliphatic carbocycles. The fraction of sp³-hybridized carbons (Fsp3) is 0.143. The molecule has 2 aliphatic rings. The van der Waals surface area contributed by atoms with Crippen LogP contribution in [0.3, 0.4) is 0 Å². The van der Waals surface area contributed by atoms with Crippen molar-refractivity contribution in [3.8, 4) is 11.1 Å². The van der Waals surface area contributed by atoms with E-state index in [0.717, 1.165) is 6.54 Å². The average molecular weight is 283 g/mol. The first-order chi connectivity index (χ1) is 10.8. The number of anilines is 2. The van der Waals surface area contributed by atoms with E-state index in [4.69, 9.17) is 0 Å². The van der Waals surface area contributed by atoms with Gasteiger partial charge in [0.25, 0.3) is 0 Å². The summed E-state index contributed by atoms with van der Waals surface area (Å²) in [6, 6.07) is 26.4. The zero-order chi connectivity index (χ0) is 14.7. The highest BCUT2D eigenvalue weighted by Crippen LogP contribution is 2.54. The number of benzene rings is 3. The molecule has 1 aliphatic heterocycles. The summed E-state index contributed by atoms with van der Waals surface area (Å²) in [4.78, 5) is 2.44. The van der Waals surface area contributed by atoms with E-state index >= 15 is 0 Å². The zero-order valence-corrected chi connectivity index (χ0v) is 12.6. The summed E-state index contributed by atoms with van der Waals surface area (Å²) in [7, 11) is 0. The Labute approximate surface area is 130 Å². The summed E-state index contributed by atoms with van der Waals surface area (Å²) in [5.74, 6) is 0. The molecule has 106 valence electrons. The van der Waals surface area contributed by atoms with Crippen molar-refractivity contribution in [1.29, 1.82) is 0 Å². The second kappa shape index (κ2) is 4.01. The normalized spacial score (nSPS) is 16.0. The molecule has 1 heterocycles. The lowest BCUT2D eigenvalue weighted by atomic mass is 9.80. The van der Waals surface area contributed by atoms with E-state index in [0.29, 0.717) is 0 Å². The SMILES string of the molecule is CC1(CN2c3ccccc32)c2ccccc2-c2ccccc21. The molecule has 0 fully saturated rings. The predicted octanol–water partition coefficient (Wildman–Crippen LogP) is 5.12. The molecule has 0 radical (unpaired) electrons. The molecule has 1 nitrogen and oxygen atoms in total. The van der Waals surface area contributed by atoms with E-state index in [9.17, 15) is 0 Å². The fourth-order valence-electron chi connectivity index (χ4n) is 4.07. The van der Waals surface area contributed by atoms with Gasteiger partial charge in [0, 0.05) is 12.0 Å². The summed E-state index contributed by atoms with van der Waals surface area (Å²) in [6.07, 6.45) is 0. The van der Waals surface area contributed by atoms with E-state index in [1.54, 1.807) is 0 Å². The quantitative estimate of drug-likeness (QED) is 0.590. The van der Waals surface area contributed by atoms with Crippen LogP contribution in [0.25, 0.3) is 11.1 Å². The largest absolute Gasteiger partial charge is 0.337 e. The van der Waals surface area contributed by atoms with Gasteiger partial charge in [-0.05, 0) is 41.3 Å². The van der Waals surface area contributed by atoms with Crippen molar-refractivity contribution in [2.75, 3.05) is 11.4 Å². The summed E-state index contributed by atoms with van der Waals surface area (Å²) in [5, 5.41) is 0. The van der Waals surface area contributed by atoms with Crippen LogP contribution in [0.1, 0.15) is 18.1 Å². The first kappa shape index (κ1) is 12.0. The van der Waals surface area contributed by atoms with E-state index in [2.05, 4.69) is 84.6 Å². The van der Waals surface area contributed by atoms with Crippen LogP contribution >= 0.6 is 0 Å². The van der Waals surface area contributed by atoms with Crippen molar-refractivity contribution in [2.24, 2.45) is 0 Å². The molecule has 0 amide bonds. The van der Waals surface area contributed by atoms with Gasteiger partial charge in [-0.25, -0.2) is 0 Å². The minimum absolute atomic E-state index is 0.0478. The molecule has 0 bridgehead atoms. The third-order valence-corrected chi connectivity index (χ3v) is 5.22. The summed E-state index contributed by atoms with van der Waals surface area (Å²) in [5.41, 5.74) is 8.50. The van der Waals surface area contributed by atoms with Gasteiger partial charge >= 0.3 is 0 Å². The van der Waals surface area contributed by atoms with Crippen LogP contribution in [0.4, 0.5) is 11.4 Å². The molecule has 0 spiro atoms. The van der Waals surface area contributed by atoms with E-state index in [1.165, 1.54) is 33.6 Å². The molecule has 0 atom stereocenters. The minimum Gasteiger partial charge on any atom is -0.337 e. The molecular weight excluding hydrogens is 266 g/mol. The standard InChI is InChI=1S/C21H17N/c1-21(14-22-19-12-6-7-13-20(19)22)17-10-4-2-8-15(17)16-9-3-5-11-18(16)21/h2-13H,14H2,1H3. The average Bonchev–Trinajstić information content (AvgIpc) is 3.20. The molecule has 5 rings (SSSR count). The number of nitrogens with zero attached hydrogens (tertiary/aromatic N) is 1. The van der Waals surface area contributed by atoms with Crippen molar-refractivity contribution in [1.82, 2.24) is 0 Å². The number of rotatable bonds is 2. The number of hydrogen-bond acceptors (Lipinski definition) is 1. The van der Waals surface area contributed by atoms with Crippen molar-refractivity contribution in [2.45, 2.75) is 12.3 Å². The highest BCUT2D eigenvalue weighted by molar-refractivity contribution is 5.93. The summed E-state index contributed by atoms with van der Waals surface area (Å²) >= 11 is 0. The highest BCUT2D eigenvalue weighted by atomic mass is 15.3. The van der Waals surface area contributed by atoms with Crippen molar-refractivity contribution < 1.29 is 0 Å². The molecule has 0 aromatic heterocycles. The molecular formula is C21H17N. The molecule has 0 unspecified atom stereocenters. The first-order valence-electron chi connectivity index (χ1n) is 7.85. The Morgan fingerprint density at radius 2 is 1.14 bits per heavy atom. The zero-order valence-electron chi connectivity index (χ0n) is 12.6. The Hall–Kier alpha value is -2.54. The number of para-hydroxylation sites is 2. The van der Waals surface area contributed by atoms with Crippen LogP contribution in [-0.4, -0.2) is 6.54 Å². The Morgan fingerprint density at radius 3 is 1.68 bits per heavy atom. The van der Waals surface area contributed by atoms with E-state index in [-0.39, 0.29) is 5.41 Å². The number of hydrogen-bond donors (Lipinski definition) is 0. The van der Waals surface area contributed by atoms with Gasteiger partial charge in [0.15, 0.2) is 0 Å². The predicted molar refractivity (Wildman–Crippen MR) is 91.8 cm³/mol. The third-order valence-electron chi connectivity index (χ3n) is 5.22. The molecule has 22 heavy (non-hydrogen) atoms. The Balaban J connectivity index is 1.65. The molecule has 3 aromatic carbocycles. The van der Waals surface area contributed by atoms with Crippen molar-refractivity contribution >= 4 is 11.4 Å². The van der Waals surface area contributed by atoms with Crippen LogP contribution in [0, 0.1) is 0 Å². The lowest BCUT2D eigenvalue weighted by Gasteiger charge is -2.28. The van der Waals surface area contributed by atoms with Crippen LogP contribution in [0.15, 0.2) is 72.8 Å². The lowest BCUT2D eigenvalue weighted by Crippen LogP contribution is -2.31. The van der Waals surface area contributed by atoms with E-state index in [1.807, 2.05) is 0 Å². The van der Waals surface area contributed by atoms with Crippen molar-refractivity contribution in [3.63, 3.8) is 0 Å². The van der Waals surface area contributed by atoms with Gasteiger partial charge in [0.1, 0.15) is 0 Å². The topological polar surface area (TPSA) is 3.01 Å². The molecule has 1 heteroatoms. The maximum Gasteiger partial charge on any atom is 0.0653 e. The highest BCUT2D eigenvalue weighted by Gasteiger charge is 2.43. The van der Waals surface area contributed by atoms with Gasteiger partial charge in [0.2, 0.25) is 0 Å². The van der Waals surface area contributed by atoms with Crippen LogP contribution < -0.4 is 4.90 Å². The van der Waals surface area contributed by atoms with Gasteiger partial charge < -0.3 is 4.90 Å². The summed E-state index contributed by atoms with van der Waals surface area (Å²) < 4.78 is 0. The fourth-order valence-corrected chi connectivity index (χ4v) is 4.07. The monoisotopic (exact) mass is 283 g/mol. The lowest BCUT2D eigenvalue weighted by molar-refractivity contribution is 0.604. The van der Waals surface area contributed by atoms with Gasteiger partial charge in [0.05, 0.1) is 11.4 Å². The van der Waals surface area contributed by atoms with Crippen molar-refractivity contribution in [3.05, 3.63) is 83.9 Å². The third kappa shape index (κ3) is 1.43. The molecule has 0 N–H and O–H groups in total. The maximum atomic E-state index is 2.44. The van der Waals surface area contributed by atoms with Crippen LogP contribution in [0.2, 0.25) is 0 Å². The molecule has 0 saturated carbocycles. The first-order valence-corrected chi connectivity index (χ1v) is 7.85. The van der Waals surface area contributed by atoms with Gasteiger partial charge in [-0.3, -0.25) is 0 Å². The Kier molecular flexibility index (Phi) is 2.20. The number of fused-ring (bicyclic) bond motifs is 4. The Morgan fingerprint density at radius 1 is 0.682 bits per heavy atom. The van der Waals surface area contributed by atoms with Crippen LogP contribution in [0.5, 0.6) is 0 Å². The minimum atomic E-state index is 0.0478. The van der Waals surface area contributed by atoms with Crippen LogP contribution in [-0.2, 0) is 5.41 Å². The van der Waals surface area contributed by atoms with Gasteiger partial charge in [-0.1, -0.05) is 60.7 Å². The smallest absolute Gasteiger partial charge is 0.0653 e. The maximum absolute atomic E-state index is 2.44. The Bertz CT molecular complexity index is 825. The molecule has 3 aromatic rings. The summed E-state index contributed by atoms with van der Waals surface area (Å²) in [6.45, 7) is 3.40.